The van der Waals surface area contributed by atoms with Gasteiger partial charge in [-0.25, -0.2) is 9.97 Å². The monoisotopic (exact) mass is 386 g/mol. The first-order chi connectivity index (χ1) is 14.1. The van der Waals surface area contributed by atoms with E-state index in [0.717, 1.165) is 42.5 Å². The van der Waals surface area contributed by atoms with Gasteiger partial charge in [-0.1, -0.05) is 42.5 Å². The van der Waals surface area contributed by atoms with Gasteiger partial charge in [0.15, 0.2) is 0 Å². The molecule has 0 bridgehead atoms. The molecule has 0 saturated heterocycles. The minimum Gasteiger partial charge on any atom is -0.441 e. The van der Waals surface area contributed by atoms with Crippen LogP contribution in [0, 0.1) is 13.8 Å². The van der Waals surface area contributed by atoms with Crippen LogP contribution in [0.15, 0.2) is 71.4 Å². The van der Waals surface area contributed by atoms with Gasteiger partial charge in [-0.3, -0.25) is 4.90 Å². The van der Waals surface area contributed by atoms with E-state index in [1.807, 2.05) is 32.3 Å². The molecule has 0 atom stereocenters. The molecule has 5 nitrogen and oxygen atoms in total. The molecule has 0 fully saturated rings. The smallest absolute Gasteiger partial charge is 0.226 e. The molecule has 2 aromatic heterocycles. The maximum atomic E-state index is 5.96. The van der Waals surface area contributed by atoms with Crippen molar-refractivity contribution in [3.63, 3.8) is 0 Å². The molecule has 0 radical (unpaired) electrons. The number of aromatic nitrogens is 3. The molecule has 4 rings (SSSR count). The van der Waals surface area contributed by atoms with Gasteiger partial charge in [0.05, 0.1) is 5.69 Å². The van der Waals surface area contributed by atoms with Crippen LogP contribution in [-0.4, -0.2) is 33.0 Å². The highest BCUT2D eigenvalue weighted by atomic mass is 16.4. The topological polar surface area (TPSA) is 47.1 Å². The molecule has 148 valence electrons. The molecule has 2 heterocycles. The summed E-state index contributed by atoms with van der Waals surface area (Å²) in [6.45, 7) is 6.60. The summed E-state index contributed by atoms with van der Waals surface area (Å²) in [4.78, 5) is 11.3. The van der Waals surface area contributed by atoms with Gasteiger partial charge in [0.2, 0.25) is 5.89 Å². The third kappa shape index (κ3) is 4.46. The van der Waals surface area contributed by atoms with Gasteiger partial charge >= 0.3 is 0 Å². The highest BCUT2D eigenvalue weighted by molar-refractivity contribution is 5.67. The van der Waals surface area contributed by atoms with Crippen LogP contribution in [0.5, 0.6) is 0 Å². The number of likely N-dealkylation sites (N-methyl/N-ethyl adjacent to an activating group) is 1. The van der Waals surface area contributed by atoms with Crippen molar-refractivity contribution in [3.05, 3.63) is 84.3 Å². The second kappa shape index (κ2) is 8.45. The lowest BCUT2D eigenvalue weighted by Gasteiger charge is -2.16. The van der Waals surface area contributed by atoms with E-state index in [-0.39, 0.29) is 0 Å². The molecule has 0 N–H and O–H groups in total. The second-order valence-corrected chi connectivity index (χ2v) is 7.37. The van der Waals surface area contributed by atoms with Crippen LogP contribution in [0.25, 0.3) is 22.6 Å². The Kier molecular flexibility index (Phi) is 5.58. The summed E-state index contributed by atoms with van der Waals surface area (Å²) in [5.41, 5.74) is 4.37. The highest BCUT2D eigenvalue weighted by Crippen LogP contribution is 2.26. The quantitative estimate of drug-likeness (QED) is 0.451. The second-order valence-electron chi connectivity index (χ2n) is 7.37. The Morgan fingerprint density at radius 2 is 1.62 bits per heavy atom. The molecular weight excluding hydrogens is 360 g/mol. The van der Waals surface area contributed by atoms with Crippen molar-refractivity contribution in [2.24, 2.45) is 0 Å². The van der Waals surface area contributed by atoms with Gasteiger partial charge < -0.3 is 8.98 Å². The number of nitrogens with zero attached hydrogens (tertiary/aromatic N) is 4. The number of rotatable bonds is 7. The van der Waals surface area contributed by atoms with E-state index in [2.05, 4.69) is 70.0 Å². The third-order valence-corrected chi connectivity index (χ3v) is 5.20. The van der Waals surface area contributed by atoms with E-state index >= 15 is 0 Å². The van der Waals surface area contributed by atoms with Crippen LogP contribution in [-0.2, 0) is 13.1 Å². The Balaban J connectivity index is 1.43. The molecule has 0 spiro atoms. The summed E-state index contributed by atoms with van der Waals surface area (Å²) in [7, 11) is 2.11. The molecule has 0 saturated carbocycles. The van der Waals surface area contributed by atoms with Crippen LogP contribution >= 0.6 is 0 Å². The lowest BCUT2D eigenvalue weighted by atomic mass is 10.0. The standard InChI is InChI=1S/C24H26N4O/c1-18-23(17-27(3)15-16-28-14-13-25-19(28)2)26-24(29-18)22-11-9-21(10-12-22)20-7-5-4-6-8-20/h4-14H,15-17H2,1-3H3. The predicted molar refractivity (Wildman–Crippen MR) is 115 cm³/mol. The zero-order valence-corrected chi connectivity index (χ0v) is 17.2. The van der Waals surface area contributed by atoms with Crippen molar-refractivity contribution in [2.45, 2.75) is 26.9 Å². The van der Waals surface area contributed by atoms with Crippen LogP contribution in [0.3, 0.4) is 0 Å². The number of benzene rings is 2. The average molecular weight is 386 g/mol. The van der Waals surface area contributed by atoms with E-state index in [1.54, 1.807) is 0 Å². The molecule has 5 heteroatoms. The fourth-order valence-electron chi connectivity index (χ4n) is 3.39. The summed E-state index contributed by atoms with van der Waals surface area (Å²) in [6, 6.07) is 18.7. The molecule has 0 aliphatic rings. The predicted octanol–water partition coefficient (Wildman–Crippen LogP) is 4.95. The number of hydrogen-bond acceptors (Lipinski definition) is 4. The van der Waals surface area contributed by atoms with E-state index in [0.29, 0.717) is 5.89 Å². The molecule has 29 heavy (non-hydrogen) atoms. The first-order valence-electron chi connectivity index (χ1n) is 9.88. The number of aryl methyl sites for hydroxylation is 2. The Bertz CT molecular complexity index is 1060. The maximum Gasteiger partial charge on any atom is 0.226 e. The fourth-order valence-corrected chi connectivity index (χ4v) is 3.39. The molecule has 0 aliphatic carbocycles. The van der Waals surface area contributed by atoms with Gasteiger partial charge in [0.25, 0.3) is 0 Å². The van der Waals surface area contributed by atoms with Crippen molar-refractivity contribution in [3.8, 4) is 22.6 Å². The van der Waals surface area contributed by atoms with Gasteiger partial charge in [0.1, 0.15) is 11.6 Å². The van der Waals surface area contributed by atoms with Crippen molar-refractivity contribution in [2.75, 3.05) is 13.6 Å². The maximum absolute atomic E-state index is 5.96. The van der Waals surface area contributed by atoms with E-state index in [4.69, 9.17) is 9.40 Å². The van der Waals surface area contributed by atoms with Gasteiger partial charge in [-0.05, 0) is 44.2 Å². The summed E-state index contributed by atoms with van der Waals surface area (Å²) in [5.74, 6) is 2.59. The van der Waals surface area contributed by atoms with Crippen LogP contribution in [0.4, 0.5) is 0 Å². The van der Waals surface area contributed by atoms with Crippen LogP contribution < -0.4 is 0 Å². The van der Waals surface area contributed by atoms with E-state index in [9.17, 15) is 0 Å². The van der Waals surface area contributed by atoms with Gasteiger partial charge in [-0.2, -0.15) is 0 Å². The molecule has 0 aliphatic heterocycles. The Hall–Kier alpha value is -3.18. The fraction of sp³-hybridized carbons (Fsp3) is 0.250. The summed E-state index contributed by atoms with van der Waals surface area (Å²) in [5, 5.41) is 0. The SMILES string of the molecule is Cc1oc(-c2ccc(-c3ccccc3)cc2)nc1CN(C)CCn1ccnc1C. The lowest BCUT2D eigenvalue weighted by Crippen LogP contribution is -2.23. The van der Waals surface area contributed by atoms with Crippen LogP contribution in [0.1, 0.15) is 17.3 Å². The molecule has 0 unspecified atom stereocenters. The van der Waals surface area contributed by atoms with E-state index < -0.39 is 0 Å². The van der Waals surface area contributed by atoms with E-state index in [1.165, 1.54) is 11.1 Å². The average Bonchev–Trinajstić information content (AvgIpc) is 3.32. The minimum absolute atomic E-state index is 0.677. The van der Waals surface area contributed by atoms with Gasteiger partial charge in [-0.15, -0.1) is 0 Å². The van der Waals surface area contributed by atoms with Gasteiger partial charge in [0, 0.05) is 37.6 Å². The molecule has 0 amide bonds. The normalized spacial score (nSPS) is 11.3. The first kappa shape index (κ1) is 19.2. The van der Waals surface area contributed by atoms with Crippen molar-refractivity contribution in [1.29, 1.82) is 0 Å². The largest absolute Gasteiger partial charge is 0.441 e. The molecule has 4 aromatic rings. The van der Waals surface area contributed by atoms with Crippen LogP contribution in [0.2, 0.25) is 0 Å². The third-order valence-electron chi connectivity index (χ3n) is 5.20. The number of oxazole rings is 1. The molecule has 2 aromatic carbocycles. The molecular formula is C24H26N4O. The zero-order chi connectivity index (χ0) is 20.2. The zero-order valence-electron chi connectivity index (χ0n) is 17.2. The van der Waals surface area contributed by atoms with Crippen molar-refractivity contribution in [1.82, 2.24) is 19.4 Å². The minimum atomic E-state index is 0.677. The van der Waals surface area contributed by atoms with Crippen molar-refractivity contribution < 1.29 is 4.42 Å². The Morgan fingerprint density at radius 3 is 2.31 bits per heavy atom. The summed E-state index contributed by atoms with van der Waals surface area (Å²) < 4.78 is 8.12. The summed E-state index contributed by atoms with van der Waals surface area (Å²) >= 11 is 0. The first-order valence-corrected chi connectivity index (χ1v) is 9.88. The lowest BCUT2D eigenvalue weighted by molar-refractivity contribution is 0.305. The Morgan fingerprint density at radius 1 is 0.931 bits per heavy atom. The number of hydrogen-bond donors (Lipinski definition) is 0. The summed E-state index contributed by atoms with van der Waals surface area (Å²) in [6.07, 6.45) is 3.86. The Labute approximate surface area is 171 Å². The van der Waals surface area contributed by atoms with Crippen molar-refractivity contribution >= 4 is 0 Å². The number of imidazole rings is 1. The highest BCUT2D eigenvalue weighted by Gasteiger charge is 2.13.